The topological polar surface area (TPSA) is 93.7 Å². The molecule has 1 aliphatic rings. The van der Waals surface area contributed by atoms with Crippen LogP contribution in [0.2, 0.25) is 0 Å². The zero-order chi connectivity index (χ0) is 21.1. The van der Waals surface area contributed by atoms with E-state index in [9.17, 15) is 8.42 Å². The van der Waals surface area contributed by atoms with Crippen LogP contribution in [0.15, 0.2) is 59.9 Å². The van der Waals surface area contributed by atoms with Gasteiger partial charge >= 0.3 is 0 Å². The molecule has 0 saturated carbocycles. The molecule has 30 heavy (non-hydrogen) atoms. The van der Waals surface area contributed by atoms with Gasteiger partial charge in [0.1, 0.15) is 25.3 Å². The van der Waals surface area contributed by atoms with Crippen LogP contribution in [0.3, 0.4) is 0 Å². The Morgan fingerprint density at radius 2 is 2.00 bits per heavy atom. The van der Waals surface area contributed by atoms with E-state index < -0.39 is 10.0 Å². The van der Waals surface area contributed by atoms with Crippen molar-refractivity contribution < 1.29 is 17.9 Å². The van der Waals surface area contributed by atoms with E-state index in [4.69, 9.17) is 9.47 Å². The Kier molecular flexibility index (Phi) is 5.45. The lowest BCUT2D eigenvalue weighted by Crippen LogP contribution is -2.28. The quantitative estimate of drug-likeness (QED) is 0.648. The zero-order valence-electron chi connectivity index (χ0n) is 16.7. The number of hydrogen-bond acceptors (Lipinski definition) is 7. The van der Waals surface area contributed by atoms with Crippen molar-refractivity contribution in [2.75, 3.05) is 29.8 Å². The molecule has 9 heteroatoms. The minimum absolute atomic E-state index is 0.0829. The Hall–Kier alpha value is -3.33. The molecule has 0 bridgehead atoms. The van der Waals surface area contributed by atoms with E-state index in [1.54, 1.807) is 24.3 Å². The van der Waals surface area contributed by atoms with Crippen LogP contribution in [0.25, 0.3) is 0 Å². The predicted molar refractivity (Wildman–Crippen MR) is 114 cm³/mol. The highest BCUT2D eigenvalue weighted by Crippen LogP contribution is 2.32. The number of aromatic nitrogens is 2. The molecule has 0 spiro atoms. The fraction of sp³-hybridized carbons (Fsp3) is 0.238. The molecule has 1 aliphatic heterocycles. The first-order valence-corrected chi connectivity index (χ1v) is 10.9. The number of likely N-dealkylation sites (N-methyl/N-ethyl adjacent to an activating group) is 1. The summed E-state index contributed by atoms with van der Waals surface area (Å²) in [6, 6.07) is 12.4. The van der Waals surface area contributed by atoms with Gasteiger partial charge in [-0.25, -0.2) is 18.4 Å². The van der Waals surface area contributed by atoms with E-state index in [-0.39, 0.29) is 23.1 Å². The number of benzene rings is 2. The molecule has 8 nitrogen and oxygen atoms in total. The van der Waals surface area contributed by atoms with Crippen molar-refractivity contribution in [3.05, 3.63) is 66.1 Å². The molecule has 2 heterocycles. The van der Waals surface area contributed by atoms with Gasteiger partial charge < -0.3 is 14.4 Å². The zero-order valence-corrected chi connectivity index (χ0v) is 17.5. The first kappa shape index (κ1) is 20.0. The van der Waals surface area contributed by atoms with Crippen LogP contribution in [0.5, 0.6) is 11.5 Å². The van der Waals surface area contributed by atoms with Crippen LogP contribution in [0.1, 0.15) is 11.1 Å². The molecular weight excluding hydrogens is 404 g/mol. The Morgan fingerprint density at radius 1 is 1.20 bits per heavy atom. The van der Waals surface area contributed by atoms with Crippen molar-refractivity contribution >= 4 is 21.5 Å². The fourth-order valence-electron chi connectivity index (χ4n) is 3.06. The number of anilines is 2. The van der Waals surface area contributed by atoms with Crippen LogP contribution in [-0.4, -0.2) is 38.6 Å². The Labute approximate surface area is 175 Å². The maximum atomic E-state index is 12.7. The Morgan fingerprint density at radius 3 is 2.80 bits per heavy atom. The van der Waals surface area contributed by atoms with Gasteiger partial charge in [-0.05, 0) is 36.8 Å². The van der Waals surface area contributed by atoms with Crippen LogP contribution in [0.4, 0.5) is 11.5 Å². The van der Waals surface area contributed by atoms with Gasteiger partial charge in [-0.2, -0.15) is 0 Å². The molecule has 0 saturated heterocycles. The highest BCUT2D eigenvalue weighted by molar-refractivity contribution is 7.92. The highest BCUT2D eigenvalue weighted by atomic mass is 32.2. The highest BCUT2D eigenvalue weighted by Gasteiger charge is 2.19. The van der Waals surface area contributed by atoms with Gasteiger partial charge in [0, 0.05) is 7.05 Å². The first-order chi connectivity index (χ1) is 14.4. The van der Waals surface area contributed by atoms with Gasteiger partial charge in [0.2, 0.25) is 0 Å². The number of fused-ring (bicyclic) bond motifs is 1. The third-order valence-electron chi connectivity index (χ3n) is 4.76. The number of rotatable bonds is 6. The molecule has 1 aromatic heterocycles. The maximum absolute atomic E-state index is 12.7. The molecule has 0 atom stereocenters. The smallest absolute Gasteiger partial charge is 0.263 e. The van der Waals surface area contributed by atoms with Crippen LogP contribution >= 0.6 is 0 Å². The number of nitrogens with zero attached hydrogens (tertiary/aromatic N) is 3. The van der Waals surface area contributed by atoms with E-state index >= 15 is 0 Å². The SMILES string of the molecule is Cc1ccc(S(=O)(=O)Nc2ncncc2OCc2ccc3c(c2)OCCN3C)cc1. The normalized spacial score (nSPS) is 13.3. The van der Waals surface area contributed by atoms with E-state index in [2.05, 4.69) is 19.6 Å². The number of hydrogen-bond donors (Lipinski definition) is 1. The monoisotopic (exact) mass is 426 g/mol. The third kappa shape index (κ3) is 4.30. The number of ether oxygens (including phenoxy) is 2. The molecule has 0 radical (unpaired) electrons. The lowest BCUT2D eigenvalue weighted by Gasteiger charge is -2.28. The largest absolute Gasteiger partial charge is 0.490 e. The molecular formula is C21H22N4O4S. The summed E-state index contributed by atoms with van der Waals surface area (Å²) in [7, 11) is -1.78. The van der Waals surface area contributed by atoms with Crippen molar-refractivity contribution in [3.63, 3.8) is 0 Å². The summed E-state index contributed by atoms with van der Waals surface area (Å²) in [4.78, 5) is 10.3. The standard InChI is InChI=1S/C21H22N4O4S/c1-15-3-6-17(7-4-15)30(26,27)24-21-20(12-22-14-23-21)29-13-16-5-8-18-19(11-16)28-10-9-25(18)2/h3-8,11-12,14H,9-10,13H2,1-2H3,(H,22,23,24). The van der Waals surface area contributed by atoms with Crippen LogP contribution in [0, 0.1) is 6.92 Å². The summed E-state index contributed by atoms with van der Waals surface area (Å²) in [6.07, 6.45) is 2.70. The predicted octanol–water partition coefficient (Wildman–Crippen LogP) is 2.99. The van der Waals surface area contributed by atoms with E-state index in [0.29, 0.717) is 6.61 Å². The number of aryl methyl sites for hydroxylation is 1. The molecule has 2 aromatic carbocycles. The molecule has 0 amide bonds. The van der Waals surface area contributed by atoms with Crippen molar-refractivity contribution in [2.24, 2.45) is 0 Å². The molecule has 1 N–H and O–H groups in total. The second kappa shape index (κ2) is 8.19. The van der Waals surface area contributed by atoms with Gasteiger partial charge in [0.15, 0.2) is 11.6 Å². The van der Waals surface area contributed by atoms with Gasteiger partial charge in [-0.3, -0.25) is 4.72 Å². The van der Waals surface area contributed by atoms with Crippen molar-refractivity contribution in [1.82, 2.24) is 9.97 Å². The summed E-state index contributed by atoms with van der Waals surface area (Å²) in [6.45, 7) is 3.58. The first-order valence-electron chi connectivity index (χ1n) is 9.41. The lowest BCUT2D eigenvalue weighted by molar-refractivity contribution is 0.297. The minimum atomic E-state index is -3.80. The summed E-state index contributed by atoms with van der Waals surface area (Å²) in [5.74, 6) is 1.12. The van der Waals surface area contributed by atoms with Gasteiger partial charge in [-0.1, -0.05) is 23.8 Å². The second-order valence-corrected chi connectivity index (χ2v) is 8.70. The van der Waals surface area contributed by atoms with Crippen LogP contribution in [-0.2, 0) is 16.6 Å². The number of nitrogens with one attached hydrogen (secondary N) is 1. The van der Waals surface area contributed by atoms with E-state index in [1.165, 1.54) is 12.5 Å². The van der Waals surface area contributed by atoms with Crippen molar-refractivity contribution in [3.8, 4) is 11.5 Å². The molecule has 0 aliphatic carbocycles. The average Bonchev–Trinajstić information content (AvgIpc) is 2.73. The van der Waals surface area contributed by atoms with Crippen LogP contribution < -0.4 is 19.1 Å². The van der Waals surface area contributed by atoms with Gasteiger partial charge in [-0.15, -0.1) is 0 Å². The molecule has 0 unspecified atom stereocenters. The van der Waals surface area contributed by atoms with Crippen molar-refractivity contribution in [1.29, 1.82) is 0 Å². The Balaban J connectivity index is 1.51. The minimum Gasteiger partial charge on any atom is -0.490 e. The fourth-order valence-corrected chi connectivity index (χ4v) is 4.08. The third-order valence-corrected chi connectivity index (χ3v) is 6.11. The van der Waals surface area contributed by atoms with Gasteiger partial charge in [0.05, 0.1) is 23.3 Å². The lowest BCUT2D eigenvalue weighted by atomic mass is 10.1. The molecule has 156 valence electrons. The second-order valence-electron chi connectivity index (χ2n) is 7.01. The van der Waals surface area contributed by atoms with E-state index in [1.807, 2.05) is 32.2 Å². The maximum Gasteiger partial charge on any atom is 0.263 e. The summed E-state index contributed by atoms with van der Waals surface area (Å²) in [5.41, 5.74) is 2.89. The average molecular weight is 426 g/mol. The molecule has 4 rings (SSSR count). The van der Waals surface area contributed by atoms with Crippen molar-refractivity contribution in [2.45, 2.75) is 18.4 Å². The summed E-state index contributed by atoms with van der Waals surface area (Å²) < 4.78 is 39.4. The molecule has 3 aromatic rings. The number of sulfonamides is 1. The van der Waals surface area contributed by atoms with Gasteiger partial charge in [0.25, 0.3) is 10.0 Å². The molecule has 0 fully saturated rings. The summed E-state index contributed by atoms with van der Waals surface area (Å²) in [5, 5.41) is 0. The summed E-state index contributed by atoms with van der Waals surface area (Å²) >= 11 is 0. The Bertz CT molecular complexity index is 1150. The van der Waals surface area contributed by atoms with E-state index in [0.717, 1.165) is 29.1 Å².